The maximum absolute atomic E-state index is 11.5. The van der Waals surface area contributed by atoms with Crippen LogP contribution in [-0.4, -0.2) is 38.0 Å². The predicted octanol–water partition coefficient (Wildman–Crippen LogP) is 0.199. The van der Waals surface area contributed by atoms with Crippen molar-refractivity contribution in [1.82, 2.24) is 25.0 Å². The number of nitrogens with one attached hydrogen (secondary N) is 2. The number of hydrogen-bond acceptors (Lipinski definition) is 5. The van der Waals surface area contributed by atoms with Gasteiger partial charge in [0.05, 0.1) is 13.3 Å². The molecule has 0 bridgehead atoms. The Morgan fingerprint density at radius 3 is 3.06 bits per heavy atom. The first-order valence-electron chi connectivity index (χ1n) is 5.11. The van der Waals surface area contributed by atoms with Gasteiger partial charge in [-0.3, -0.25) is 14.8 Å². The molecule has 2 heterocycles. The minimum atomic E-state index is -0.322. The molecule has 8 heteroatoms. The summed E-state index contributed by atoms with van der Waals surface area (Å²) in [4.78, 5) is 15.4. The van der Waals surface area contributed by atoms with Gasteiger partial charge >= 0.3 is 6.01 Å². The lowest BCUT2D eigenvalue weighted by Gasteiger charge is -1.94. The molecule has 0 saturated carbocycles. The van der Waals surface area contributed by atoms with E-state index in [1.807, 2.05) is 0 Å². The summed E-state index contributed by atoms with van der Waals surface area (Å²) in [7, 11) is 3.25. The highest BCUT2D eigenvalue weighted by Gasteiger charge is 2.04. The smallest absolute Gasteiger partial charge is 0.336 e. The molecule has 0 saturated heterocycles. The molecular formula is C10H12N6O2. The summed E-state index contributed by atoms with van der Waals surface area (Å²) in [6, 6.07) is 0.168. The monoisotopic (exact) mass is 248 g/mol. The number of rotatable bonds is 4. The molecule has 0 aliphatic carbocycles. The van der Waals surface area contributed by atoms with Crippen molar-refractivity contribution in [3.8, 4) is 6.01 Å². The Morgan fingerprint density at radius 2 is 2.44 bits per heavy atom. The number of carbonyl (C=O) groups is 1. The molecule has 8 nitrogen and oxygen atoms in total. The molecule has 0 aromatic carbocycles. The normalized spacial score (nSPS) is 10.8. The van der Waals surface area contributed by atoms with Crippen molar-refractivity contribution in [2.24, 2.45) is 7.05 Å². The third-order valence-corrected chi connectivity index (χ3v) is 2.04. The lowest BCUT2D eigenvalue weighted by atomic mass is 10.3. The number of nitrogens with zero attached hydrogens (tertiary/aromatic N) is 4. The topological polar surface area (TPSA) is 97.7 Å². The zero-order valence-electron chi connectivity index (χ0n) is 9.91. The summed E-state index contributed by atoms with van der Waals surface area (Å²) in [5, 5.41) is 12.7. The molecule has 2 N–H and O–H groups in total. The van der Waals surface area contributed by atoms with Gasteiger partial charge in [-0.25, -0.2) is 5.10 Å². The first kappa shape index (κ1) is 11.8. The van der Waals surface area contributed by atoms with Crippen LogP contribution >= 0.6 is 0 Å². The second kappa shape index (κ2) is 5.13. The average Bonchev–Trinajstić information content (AvgIpc) is 2.95. The fraction of sp³-hybridized carbons (Fsp3) is 0.200. The lowest BCUT2D eigenvalue weighted by molar-refractivity contribution is -0.111. The van der Waals surface area contributed by atoms with Crippen LogP contribution in [-0.2, 0) is 11.8 Å². The van der Waals surface area contributed by atoms with E-state index in [1.165, 1.54) is 13.2 Å². The Hall–Kier alpha value is -2.64. The molecule has 0 fully saturated rings. The molecule has 2 aromatic heterocycles. The zero-order valence-corrected chi connectivity index (χ0v) is 9.91. The van der Waals surface area contributed by atoms with Gasteiger partial charge in [-0.2, -0.15) is 10.1 Å². The Morgan fingerprint density at radius 1 is 1.61 bits per heavy atom. The number of aryl methyl sites for hydroxylation is 1. The van der Waals surface area contributed by atoms with Crippen LogP contribution in [0.15, 0.2) is 18.5 Å². The highest BCUT2D eigenvalue weighted by atomic mass is 16.5. The van der Waals surface area contributed by atoms with Crippen LogP contribution in [0.4, 0.5) is 5.95 Å². The summed E-state index contributed by atoms with van der Waals surface area (Å²) in [5.74, 6) is -0.0923. The highest BCUT2D eigenvalue weighted by molar-refractivity contribution is 6.00. The van der Waals surface area contributed by atoms with Gasteiger partial charge in [0, 0.05) is 24.9 Å². The van der Waals surface area contributed by atoms with Crippen molar-refractivity contribution in [3.63, 3.8) is 0 Å². The molecule has 18 heavy (non-hydrogen) atoms. The summed E-state index contributed by atoms with van der Waals surface area (Å²) in [6.07, 6.45) is 6.48. The first-order chi connectivity index (χ1) is 8.67. The van der Waals surface area contributed by atoms with E-state index in [0.29, 0.717) is 0 Å². The number of anilines is 1. The van der Waals surface area contributed by atoms with Crippen molar-refractivity contribution in [2.75, 3.05) is 12.4 Å². The maximum Gasteiger partial charge on any atom is 0.336 e. The van der Waals surface area contributed by atoms with E-state index in [2.05, 4.69) is 25.6 Å². The third kappa shape index (κ3) is 2.94. The predicted molar refractivity (Wildman–Crippen MR) is 63.8 cm³/mol. The lowest BCUT2D eigenvalue weighted by Crippen LogP contribution is -2.09. The number of ether oxygens (including phenoxy) is 1. The SMILES string of the molecule is COc1n[nH]c(NC(=O)/C=C/c2cnn(C)c2)n1. The molecule has 2 rings (SSSR count). The molecule has 0 aliphatic heterocycles. The summed E-state index contributed by atoms with van der Waals surface area (Å²) in [6.45, 7) is 0. The van der Waals surface area contributed by atoms with Crippen LogP contribution in [0.2, 0.25) is 0 Å². The minimum absolute atomic E-state index is 0.168. The summed E-state index contributed by atoms with van der Waals surface area (Å²) in [5.41, 5.74) is 0.836. The van der Waals surface area contributed by atoms with Crippen molar-refractivity contribution in [1.29, 1.82) is 0 Å². The maximum atomic E-state index is 11.5. The van der Waals surface area contributed by atoms with E-state index in [9.17, 15) is 4.79 Å². The van der Waals surface area contributed by atoms with Crippen LogP contribution in [0.1, 0.15) is 5.56 Å². The van der Waals surface area contributed by atoms with Crippen molar-refractivity contribution in [2.45, 2.75) is 0 Å². The van der Waals surface area contributed by atoms with Gasteiger partial charge in [0.25, 0.3) is 5.91 Å². The van der Waals surface area contributed by atoms with Gasteiger partial charge < -0.3 is 4.74 Å². The number of carbonyl (C=O) groups excluding carboxylic acids is 1. The number of aromatic amines is 1. The molecule has 0 radical (unpaired) electrons. The van der Waals surface area contributed by atoms with Gasteiger partial charge in [-0.1, -0.05) is 0 Å². The van der Waals surface area contributed by atoms with Gasteiger partial charge in [-0.15, -0.1) is 5.10 Å². The number of methoxy groups -OCH3 is 1. The number of hydrogen-bond donors (Lipinski definition) is 2. The van der Waals surface area contributed by atoms with E-state index < -0.39 is 0 Å². The molecule has 1 amide bonds. The molecule has 2 aromatic rings. The van der Waals surface area contributed by atoms with Crippen molar-refractivity contribution < 1.29 is 9.53 Å². The summed E-state index contributed by atoms with van der Waals surface area (Å²) < 4.78 is 6.43. The van der Waals surface area contributed by atoms with E-state index in [0.717, 1.165) is 5.56 Å². The van der Waals surface area contributed by atoms with Crippen LogP contribution < -0.4 is 10.1 Å². The second-order valence-corrected chi connectivity index (χ2v) is 3.44. The van der Waals surface area contributed by atoms with E-state index in [-0.39, 0.29) is 17.9 Å². The molecule has 0 aliphatic rings. The zero-order chi connectivity index (χ0) is 13.0. The standard InChI is InChI=1S/C10H12N6O2/c1-16-6-7(5-11-16)3-4-8(17)12-9-13-10(18-2)15-14-9/h3-6H,1-2H3,(H2,12,13,14,15,17)/b4-3+. The second-order valence-electron chi connectivity index (χ2n) is 3.44. The largest absolute Gasteiger partial charge is 0.466 e. The molecule has 0 unspecified atom stereocenters. The molecule has 94 valence electrons. The van der Waals surface area contributed by atoms with E-state index in [4.69, 9.17) is 4.74 Å². The number of H-pyrrole nitrogens is 1. The highest BCUT2D eigenvalue weighted by Crippen LogP contribution is 2.05. The molecule has 0 atom stereocenters. The quantitative estimate of drug-likeness (QED) is 0.753. The third-order valence-electron chi connectivity index (χ3n) is 2.04. The Kier molecular flexibility index (Phi) is 3.37. The van der Waals surface area contributed by atoms with Crippen LogP contribution in [0.5, 0.6) is 6.01 Å². The minimum Gasteiger partial charge on any atom is -0.466 e. The van der Waals surface area contributed by atoms with Gasteiger partial charge in [-0.05, 0) is 6.08 Å². The Balaban J connectivity index is 1.94. The van der Waals surface area contributed by atoms with Crippen LogP contribution in [0.3, 0.4) is 0 Å². The number of amides is 1. The number of aromatic nitrogens is 5. The Labute approximate surface area is 103 Å². The van der Waals surface area contributed by atoms with Gasteiger partial charge in [0.15, 0.2) is 0 Å². The van der Waals surface area contributed by atoms with Crippen LogP contribution in [0.25, 0.3) is 6.08 Å². The van der Waals surface area contributed by atoms with Crippen molar-refractivity contribution >= 4 is 17.9 Å². The molecular weight excluding hydrogens is 236 g/mol. The first-order valence-corrected chi connectivity index (χ1v) is 5.11. The fourth-order valence-corrected chi connectivity index (χ4v) is 1.25. The fourth-order valence-electron chi connectivity index (χ4n) is 1.25. The molecule has 0 spiro atoms. The van der Waals surface area contributed by atoms with E-state index >= 15 is 0 Å². The average molecular weight is 248 g/mol. The van der Waals surface area contributed by atoms with Crippen LogP contribution in [0, 0.1) is 0 Å². The van der Waals surface area contributed by atoms with Gasteiger partial charge in [0.1, 0.15) is 0 Å². The van der Waals surface area contributed by atoms with Crippen molar-refractivity contribution in [3.05, 3.63) is 24.0 Å². The van der Waals surface area contributed by atoms with Gasteiger partial charge in [0.2, 0.25) is 5.95 Å². The van der Waals surface area contributed by atoms with E-state index in [1.54, 1.807) is 30.2 Å². The Bertz CT molecular complexity index is 570. The summed E-state index contributed by atoms with van der Waals surface area (Å²) >= 11 is 0.